The van der Waals surface area contributed by atoms with Gasteiger partial charge in [-0.2, -0.15) is 0 Å². The molecule has 2 rings (SSSR count). The van der Waals surface area contributed by atoms with Crippen molar-refractivity contribution in [3.63, 3.8) is 0 Å². The maximum Gasteiger partial charge on any atom is 0.0391 e. The van der Waals surface area contributed by atoms with Crippen LogP contribution in [0.25, 0.3) is 0 Å². The van der Waals surface area contributed by atoms with Gasteiger partial charge in [-0.15, -0.1) is 0 Å². The predicted molar refractivity (Wildman–Crippen MR) is 77.9 cm³/mol. The average molecular weight is 246 g/mol. The monoisotopic (exact) mass is 246 g/mol. The van der Waals surface area contributed by atoms with Crippen LogP contribution in [0, 0.1) is 19.8 Å². The van der Waals surface area contributed by atoms with Gasteiger partial charge in [0.2, 0.25) is 0 Å². The highest BCUT2D eigenvalue weighted by Crippen LogP contribution is 2.38. The maximum absolute atomic E-state index is 3.36. The molecular formula is C16H26N2. The zero-order valence-electron chi connectivity index (χ0n) is 12.2. The fraction of sp³-hybridized carbons (Fsp3) is 0.625. The van der Waals surface area contributed by atoms with Gasteiger partial charge in [0.1, 0.15) is 0 Å². The van der Waals surface area contributed by atoms with Crippen molar-refractivity contribution < 1.29 is 0 Å². The van der Waals surface area contributed by atoms with Gasteiger partial charge in [-0.3, -0.25) is 4.90 Å². The Labute approximate surface area is 111 Å². The molecule has 1 aliphatic rings. The molecule has 0 bridgehead atoms. The Bertz CT molecular complexity index is 400. The molecule has 0 amide bonds. The summed E-state index contributed by atoms with van der Waals surface area (Å²) in [7, 11) is 2.06. The van der Waals surface area contributed by atoms with Crippen molar-refractivity contribution >= 4 is 0 Å². The second kappa shape index (κ2) is 5.85. The molecule has 0 saturated carbocycles. The van der Waals surface area contributed by atoms with Gasteiger partial charge in [0.15, 0.2) is 0 Å². The van der Waals surface area contributed by atoms with Crippen molar-refractivity contribution in [2.45, 2.75) is 33.2 Å². The summed E-state index contributed by atoms with van der Waals surface area (Å²) in [5, 5.41) is 3.36. The zero-order valence-corrected chi connectivity index (χ0v) is 12.2. The molecule has 2 atom stereocenters. The van der Waals surface area contributed by atoms with E-state index in [1.54, 1.807) is 0 Å². The van der Waals surface area contributed by atoms with Crippen LogP contribution in [0.4, 0.5) is 0 Å². The topological polar surface area (TPSA) is 15.3 Å². The van der Waals surface area contributed by atoms with Gasteiger partial charge in [-0.05, 0) is 64.0 Å². The lowest BCUT2D eigenvalue weighted by atomic mass is 9.90. The highest BCUT2D eigenvalue weighted by Gasteiger charge is 2.34. The fourth-order valence-corrected chi connectivity index (χ4v) is 3.37. The van der Waals surface area contributed by atoms with Crippen LogP contribution in [0.1, 0.15) is 36.1 Å². The molecule has 1 aromatic rings. The number of likely N-dealkylation sites (tertiary alicyclic amines) is 1. The minimum Gasteiger partial charge on any atom is -0.319 e. The van der Waals surface area contributed by atoms with E-state index < -0.39 is 0 Å². The van der Waals surface area contributed by atoms with Crippen molar-refractivity contribution in [1.29, 1.82) is 0 Å². The molecule has 0 aromatic heterocycles. The standard InChI is InChI=1S/C16H26N2/c1-5-18-9-8-14(11-17-4)16(18)15-7-6-12(2)10-13(15)3/h6-7,10,14,16-17H,5,8-9,11H2,1-4H3. The van der Waals surface area contributed by atoms with E-state index in [4.69, 9.17) is 0 Å². The van der Waals surface area contributed by atoms with Crippen molar-refractivity contribution in [2.75, 3.05) is 26.7 Å². The SMILES string of the molecule is CCN1CCC(CNC)C1c1ccc(C)cc1C. The van der Waals surface area contributed by atoms with Crippen LogP contribution in [0.3, 0.4) is 0 Å². The first kappa shape index (κ1) is 13.6. The van der Waals surface area contributed by atoms with Gasteiger partial charge in [-0.25, -0.2) is 0 Å². The molecule has 1 N–H and O–H groups in total. The number of rotatable bonds is 4. The van der Waals surface area contributed by atoms with Crippen molar-refractivity contribution in [3.8, 4) is 0 Å². The Morgan fingerprint density at radius 1 is 1.33 bits per heavy atom. The quantitative estimate of drug-likeness (QED) is 0.879. The maximum atomic E-state index is 3.36. The third kappa shape index (κ3) is 2.60. The Balaban J connectivity index is 2.31. The highest BCUT2D eigenvalue weighted by molar-refractivity contribution is 5.34. The third-order valence-electron chi connectivity index (χ3n) is 4.24. The number of aryl methyl sites for hydroxylation is 2. The summed E-state index contributed by atoms with van der Waals surface area (Å²) in [6, 6.07) is 7.51. The van der Waals surface area contributed by atoms with E-state index in [-0.39, 0.29) is 0 Å². The van der Waals surface area contributed by atoms with Gasteiger partial charge in [0, 0.05) is 6.04 Å². The van der Waals surface area contributed by atoms with E-state index in [9.17, 15) is 0 Å². The predicted octanol–water partition coefficient (Wildman–Crippen LogP) is 2.91. The smallest absolute Gasteiger partial charge is 0.0391 e. The van der Waals surface area contributed by atoms with Crippen LogP contribution in [0.5, 0.6) is 0 Å². The number of hydrogen-bond acceptors (Lipinski definition) is 2. The molecule has 18 heavy (non-hydrogen) atoms. The Morgan fingerprint density at radius 2 is 2.11 bits per heavy atom. The number of hydrogen-bond donors (Lipinski definition) is 1. The van der Waals surface area contributed by atoms with Crippen molar-refractivity contribution in [1.82, 2.24) is 10.2 Å². The Hall–Kier alpha value is -0.860. The first-order valence-electron chi connectivity index (χ1n) is 7.13. The van der Waals surface area contributed by atoms with Gasteiger partial charge < -0.3 is 5.32 Å². The third-order valence-corrected chi connectivity index (χ3v) is 4.24. The van der Waals surface area contributed by atoms with Gasteiger partial charge >= 0.3 is 0 Å². The second-order valence-corrected chi connectivity index (χ2v) is 5.54. The Kier molecular flexibility index (Phi) is 4.41. The number of nitrogens with zero attached hydrogens (tertiary/aromatic N) is 1. The molecule has 1 aromatic carbocycles. The number of nitrogens with one attached hydrogen (secondary N) is 1. The largest absolute Gasteiger partial charge is 0.319 e. The average Bonchev–Trinajstić information content (AvgIpc) is 2.73. The van der Waals surface area contributed by atoms with E-state index in [1.807, 2.05) is 0 Å². The molecule has 100 valence electrons. The van der Waals surface area contributed by atoms with Gasteiger partial charge in [-0.1, -0.05) is 30.7 Å². The van der Waals surface area contributed by atoms with Crippen LogP contribution < -0.4 is 5.32 Å². The van der Waals surface area contributed by atoms with Gasteiger partial charge in [0.05, 0.1) is 0 Å². The lowest BCUT2D eigenvalue weighted by Gasteiger charge is -2.29. The van der Waals surface area contributed by atoms with Crippen LogP contribution in [-0.4, -0.2) is 31.6 Å². The lowest BCUT2D eigenvalue weighted by Crippen LogP contribution is -2.29. The Morgan fingerprint density at radius 3 is 2.72 bits per heavy atom. The molecule has 1 aliphatic heterocycles. The summed E-state index contributed by atoms with van der Waals surface area (Å²) in [5.41, 5.74) is 4.34. The molecule has 0 spiro atoms. The summed E-state index contributed by atoms with van der Waals surface area (Å²) in [6.45, 7) is 10.2. The van der Waals surface area contributed by atoms with Crippen LogP contribution in [-0.2, 0) is 0 Å². The van der Waals surface area contributed by atoms with Crippen LogP contribution >= 0.6 is 0 Å². The fourth-order valence-electron chi connectivity index (χ4n) is 3.37. The zero-order chi connectivity index (χ0) is 13.1. The highest BCUT2D eigenvalue weighted by atomic mass is 15.2. The molecular weight excluding hydrogens is 220 g/mol. The van der Waals surface area contributed by atoms with Crippen LogP contribution in [0.15, 0.2) is 18.2 Å². The van der Waals surface area contributed by atoms with E-state index >= 15 is 0 Å². The molecule has 2 unspecified atom stereocenters. The van der Waals surface area contributed by atoms with E-state index in [2.05, 4.69) is 56.2 Å². The van der Waals surface area contributed by atoms with Crippen LogP contribution in [0.2, 0.25) is 0 Å². The summed E-state index contributed by atoms with van der Waals surface area (Å²) in [5.74, 6) is 0.747. The summed E-state index contributed by atoms with van der Waals surface area (Å²) < 4.78 is 0. The minimum atomic E-state index is 0.600. The molecule has 1 fully saturated rings. The van der Waals surface area contributed by atoms with Crippen molar-refractivity contribution in [3.05, 3.63) is 34.9 Å². The second-order valence-electron chi connectivity index (χ2n) is 5.54. The summed E-state index contributed by atoms with van der Waals surface area (Å²) in [4.78, 5) is 2.62. The minimum absolute atomic E-state index is 0.600. The molecule has 2 heteroatoms. The normalized spacial score (nSPS) is 24.7. The van der Waals surface area contributed by atoms with E-state index in [0.717, 1.165) is 19.0 Å². The molecule has 0 aliphatic carbocycles. The summed E-state index contributed by atoms with van der Waals surface area (Å²) in [6.07, 6.45) is 1.31. The lowest BCUT2D eigenvalue weighted by molar-refractivity contribution is 0.237. The van der Waals surface area contributed by atoms with Crippen molar-refractivity contribution in [2.24, 2.45) is 5.92 Å². The summed E-state index contributed by atoms with van der Waals surface area (Å²) >= 11 is 0. The van der Waals surface area contributed by atoms with E-state index in [0.29, 0.717) is 6.04 Å². The van der Waals surface area contributed by atoms with E-state index in [1.165, 1.54) is 29.7 Å². The number of benzene rings is 1. The van der Waals surface area contributed by atoms with Gasteiger partial charge in [0.25, 0.3) is 0 Å². The first-order chi connectivity index (χ1) is 8.67. The molecule has 0 radical (unpaired) electrons. The molecule has 2 nitrogen and oxygen atoms in total. The molecule has 1 saturated heterocycles. The first-order valence-corrected chi connectivity index (χ1v) is 7.13. The molecule has 1 heterocycles.